The van der Waals surface area contributed by atoms with Crippen LogP contribution in [0.25, 0.3) is 10.8 Å². The molecule has 3 aromatic carbocycles. The van der Waals surface area contributed by atoms with E-state index >= 15 is 0 Å². The van der Waals surface area contributed by atoms with Crippen molar-refractivity contribution in [2.45, 2.75) is 46.1 Å². The second-order valence-electron chi connectivity index (χ2n) is 8.91. The zero-order valence-corrected chi connectivity index (χ0v) is 21.2. The van der Waals surface area contributed by atoms with Gasteiger partial charge in [0.15, 0.2) is 0 Å². The molecular formula is C30H30N2O5. The van der Waals surface area contributed by atoms with Gasteiger partial charge in [0.05, 0.1) is 23.8 Å². The number of pyridine rings is 1. The molecule has 37 heavy (non-hydrogen) atoms. The number of carboxylic acid groups (broad SMARTS) is 1. The predicted octanol–water partition coefficient (Wildman–Crippen LogP) is 6.78. The number of hydrogen-bond acceptors (Lipinski definition) is 5. The number of amides is 1. The first-order valence-electron chi connectivity index (χ1n) is 12.3. The molecule has 0 bridgehead atoms. The van der Waals surface area contributed by atoms with Gasteiger partial charge >= 0.3 is 5.97 Å². The molecule has 0 aliphatic carbocycles. The maximum Gasteiger partial charge on any atom is 0.337 e. The number of aryl methyl sites for hydroxylation is 1. The number of anilines is 1. The highest BCUT2D eigenvalue weighted by Crippen LogP contribution is 2.28. The van der Waals surface area contributed by atoms with E-state index in [4.69, 9.17) is 9.47 Å². The number of carbonyl (C=O) groups excluding carboxylic acids is 1. The molecule has 4 rings (SSSR count). The lowest BCUT2D eigenvalue weighted by molar-refractivity contribution is -0.115. The van der Waals surface area contributed by atoms with Crippen molar-refractivity contribution in [3.05, 3.63) is 89.6 Å². The van der Waals surface area contributed by atoms with E-state index in [0.29, 0.717) is 17.2 Å². The largest absolute Gasteiger partial charge is 0.490 e. The van der Waals surface area contributed by atoms with Crippen molar-refractivity contribution >= 4 is 28.3 Å². The van der Waals surface area contributed by atoms with E-state index in [2.05, 4.69) is 24.1 Å². The number of hydrogen-bond donors (Lipinski definition) is 2. The number of fused-ring (bicyclic) bond motifs is 1. The Kier molecular flexibility index (Phi) is 8.03. The topological polar surface area (TPSA) is 97.8 Å². The smallest absolute Gasteiger partial charge is 0.337 e. The van der Waals surface area contributed by atoms with Crippen LogP contribution in [0.1, 0.15) is 48.2 Å². The number of nitrogens with zero attached hydrogens (tertiary/aromatic N) is 1. The van der Waals surface area contributed by atoms with Crippen molar-refractivity contribution in [2.24, 2.45) is 0 Å². The molecule has 0 fully saturated rings. The lowest BCUT2D eigenvalue weighted by Crippen LogP contribution is -2.17. The highest BCUT2D eigenvalue weighted by molar-refractivity contribution is 6.01. The van der Waals surface area contributed by atoms with Gasteiger partial charge in [-0.25, -0.2) is 9.78 Å². The molecule has 0 unspecified atom stereocenters. The predicted molar refractivity (Wildman–Crippen MR) is 144 cm³/mol. The molecule has 0 saturated carbocycles. The minimum absolute atomic E-state index is 0.0531. The third-order valence-electron chi connectivity index (χ3n) is 6.06. The van der Waals surface area contributed by atoms with Gasteiger partial charge in [-0.05, 0) is 72.5 Å². The SMILES string of the molecule is CCC(CC)Oc1ccc2cc(Oc3ccc(CC(=O)Nc4ccc(C)cc4C(=O)O)cn3)ccc2c1. The van der Waals surface area contributed by atoms with Gasteiger partial charge in [0.1, 0.15) is 11.5 Å². The molecular weight excluding hydrogens is 468 g/mol. The molecule has 7 nitrogen and oxygen atoms in total. The minimum Gasteiger partial charge on any atom is -0.490 e. The number of aromatic nitrogens is 1. The standard InChI is InChI=1S/C30H30N2O5/c1-4-23(5-2)36-24-10-8-22-17-25(11-9-21(22)16-24)37-29-13-7-20(18-31-29)15-28(33)32-27-12-6-19(3)14-26(27)30(34)35/h6-14,16-18,23H,4-5,15H2,1-3H3,(H,32,33)(H,34,35). The van der Waals surface area contributed by atoms with Gasteiger partial charge in [-0.3, -0.25) is 4.79 Å². The van der Waals surface area contributed by atoms with Gasteiger partial charge in [0, 0.05) is 12.3 Å². The lowest BCUT2D eigenvalue weighted by atomic mass is 10.1. The van der Waals surface area contributed by atoms with Gasteiger partial charge in [-0.1, -0.05) is 43.7 Å². The van der Waals surface area contributed by atoms with Crippen LogP contribution in [0.5, 0.6) is 17.4 Å². The van der Waals surface area contributed by atoms with Crippen molar-refractivity contribution in [3.8, 4) is 17.4 Å². The number of carbonyl (C=O) groups is 2. The Balaban J connectivity index is 1.38. The molecule has 0 radical (unpaired) electrons. The Morgan fingerprint density at radius 2 is 1.62 bits per heavy atom. The first-order valence-corrected chi connectivity index (χ1v) is 12.3. The first-order chi connectivity index (χ1) is 17.8. The molecule has 2 N–H and O–H groups in total. The quantitative estimate of drug-likeness (QED) is 0.250. The Bertz CT molecular complexity index is 1410. The van der Waals surface area contributed by atoms with Crippen LogP contribution in [-0.4, -0.2) is 28.1 Å². The molecule has 0 aliphatic heterocycles. The van der Waals surface area contributed by atoms with Crippen molar-refractivity contribution in [3.63, 3.8) is 0 Å². The van der Waals surface area contributed by atoms with Crippen LogP contribution in [0.2, 0.25) is 0 Å². The number of ether oxygens (including phenoxy) is 2. The molecule has 0 atom stereocenters. The van der Waals surface area contributed by atoms with Crippen LogP contribution in [0.15, 0.2) is 72.9 Å². The molecule has 7 heteroatoms. The summed E-state index contributed by atoms with van der Waals surface area (Å²) in [6.07, 6.45) is 3.78. The zero-order valence-electron chi connectivity index (χ0n) is 21.2. The van der Waals surface area contributed by atoms with Crippen molar-refractivity contribution in [1.29, 1.82) is 0 Å². The highest BCUT2D eigenvalue weighted by atomic mass is 16.5. The second-order valence-corrected chi connectivity index (χ2v) is 8.91. The third-order valence-corrected chi connectivity index (χ3v) is 6.06. The molecule has 1 amide bonds. The molecule has 4 aromatic rings. The summed E-state index contributed by atoms with van der Waals surface area (Å²) in [6.45, 7) is 6.04. The fraction of sp³-hybridized carbons (Fsp3) is 0.233. The molecule has 0 saturated heterocycles. The Morgan fingerprint density at radius 3 is 2.27 bits per heavy atom. The average Bonchev–Trinajstić information content (AvgIpc) is 2.89. The average molecular weight is 499 g/mol. The maximum absolute atomic E-state index is 12.5. The van der Waals surface area contributed by atoms with Crippen molar-refractivity contribution in [1.82, 2.24) is 4.98 Å². The summed E-state index contributed by atoms with van der Waals surface area (Å²) in [7, 11) is 0. The summed E-state index contributed by atoms with van der Waals surface area (Å²) in [5.74, 6) is 0.497. The van der Waals surface area contributed by atoms with Crippen LogP contribution >= 0.6 is 0 Å². The lowest BCUT2D eigenvalue weighted by Gasteiger charge is -2.16. The van der Waals surface area contributed by atoms with E-state index in [0.717, 1.165) is 34.9 Å². The number of carboxylic acids is 1. The summed E-state index contributed by atoms with van der Waals surface area (Å²) in [5, 5.41) is 14.1. The minimum atomic E-state index is -1.09. The zero-order chi connectivity index (χ0) is 26.4. The summed E-state index contributed by atoms with van der Waals surface area (Å²) >= 11 is 0. The number of nitrogens with one attached hydrogen (secondary N) is 1. The Morgan fingerprint density at radius 1 is 0.919 bits per heavy atom. The number of rotatable bonds is 10. The normalized spacial score (nSPS) is 10.9. The fourth-order valence-corrected chi connectivity index (χ4v) is 4.01. The van der Waals surface area contributed by atoms with E-state index in [-0.39, 0.29) is 29.7 Å². The van der Waals surface area contributed by atoms with Crippen LogP contribution < -0.4 is 14.8 Å². The van der Waals surface area contributed by atoms with E-state index in [1.807, 2.05) is 36.4 Å². The van der Waals surface area contributed by atoms with Crippen LogP contribution in [0, 0.1) is 6.92 Å². The van der Waals surface area contributed by atoms with Gasteiger partial charge in [-0.2, -0.15) is 0 Å². The van der Waals surface area contributed by atoms with Crippen LogP contribution in [-0.2, 0) is 11.2 Å². The van der Waals surface area contributed by atoms with Crippen LogP contribution in [0.4, 0.5) is 5.69 Å². The van der Waals surface area contributed by atoms with Gasteiger partial charge in [0.25, 0.3) is 0 Å². The Hall–Kier alpha value is -4.39. The molecule has 0 spiro atoms. The van der Waals surface area contributed by atoms with E-state index in [1.165, 1.54) is 6.07 Å². The van der Waals surface area contributed by atoms with Crippen LogP contribution in [0.3, 0.4) is 0 Å². The number of aromatic carboxylic acids is 1. The molecule has 1 aromatic heterocycles. The van der Waals surface area contributed by atoms with E-state index < -0.39 is 5.97 Å². The summed E-state index contributed by atoms with van der Waals surface area (Å²) < 4.78 is 12.0. The van der Waals surface area contributed by atoms with Crippen molar-refractivity contribution < 1.29 is 24.2 Å². The first kappa shape index (κ1) is 25.7. The van der Waals surface area contributed by atoms with Gasteiger partial charge < -0.3 is 19.9 Å². The van der Waals surface area contributed by atoms with E-state index in [1.54, 1.807) is 37.4 Å². The van der Waals surface area contributed by atoms with Gasteiger partial charge in [-0.15, -0.1) is 0 Å². The highest BCUT2D eigenvalue weighted by Gasteiger charge is 2.13. The molecule has 1 heterocycles. The fourth-order valence-electron chi connectivity index (χ4n) is 4.01. The third kappa shape index (κ3) is 6.64. The monoisotopic (exact) mass is 498 g/mol. The number of benzene rings is 3. The summed E-state index contributed by atoms with van der Waals surface area (Å²) in [5.41, 5.74) is 1.80. The van der Waals surface area contributed by atoms with E-state index in [9.17, 15) is 14.7 Å². The van der Waals surface area contributed by atoms with Crippen molar-refractivity contribution in [2.75, 3.05) is 5.32 Å². The summed E-state index contributed by atoms with van der Waals surface area (Å²) in [6, 6.07) is 20.2. The van der Waals surface area contributed by atoms with Gasteiger partial charge in [0.2, 0.25) is 11.8 Å². The maximum atomic E-state index is 12.5. The summed E-state index contributed by atoms with van der Waals surface area (Å²) in [4.78, 5) is 28.3. The second kappa shape index (κ2) is 11.6. The Labute approximate surface area is 216 Å². The molecule has 190 valence electrons. The molecule has 0 aliphatic rings.